The molecule has 3 nitrogen and oxygen atoms in total. The first kappa shape index (κ1) is 29.9. The summed E-state index contributed by atoms with van der Waals surface area (Å²) in [5, 5.41) is 11.2. The van der Waals surface area contributed by atoms with Crippen LogP contribution in [0.1, 0.15) is 52.5 Å². The minimum atomic E-state index is 0. The molecular weight excluding hydrogens is 306 g/mol. The monoisotopic (exact) mass is 343 g/mol. The van der Waals surface area contributed by atoms with Crippen molar-refractivity contribution in [3.05, 3.63) is 45.8 Å². The zero-order chi connectivity index (χ0) is 16.9. The van der Waals surface area contributed by atoms with Gasteiger partial charge in [-0.15, -0.1) is 0 Å². The summed E-state index contributed by atoms with van der Waals surface area (Å²) in [5.41, 5.74) is 1.47. The fraction of sp³-hybridized carbons (Fsp3) is 0.722. The van der Waals surface area contributed by atoms with Crippen LogP contribution in [0.15, 0.2) is 24.3 Å². The Morgan fingerprint density at radius 3 is 1.23 bits per heavy atom. The van der Waals surface area contributed by atoms with E-state index in [0.717, 1.165) is 25.6 Å². The van der Waals surface area contributed by atoms with Crippen LogP contribution >= 0.6 is 0 Å². The van der Waals surface area contributed by atoms with Gasteiger partial charge in [0.2, 0.25) is 0 Å². The van der Waals surface area contributed by atoms with E-state index in [9.17, 15) is 0 Å². The molecule has 128 valence electrons. The summed E-state index contributed by atoms with van der Waals surface area (Å²) >= 11 is 0. The molecule has 0 aliphatic rings. The number of hydrogen-bond acceptors (Lipinski definition) is 0. The Morgan fingerprint density at radius 1 is 0.773 bits per heavy atom. The Hall–Kier alpha value is -0.0557. The van der Waals surface area contributed by atoms with Crippen molar-refractivity contribution in [3.63, 3.8) is 0 Å². The van der Waals surface area contributed by atoms with E-state index in [4.69, 9.17) is 0 Å². The van der Waals surface area contributed by atoms with Gasteiger partial charge < -0.3 is 16.0 Å². The SMILES string of the molecule is CCC(C)[c-]1cccc1.CC[N-]C.CC[N-]C.CC[N-]C.[Ti+4]. The Balaban J connectivity index is -0.000000107. The van der Waals surface area contributed by atoms with E-state index >= 15 is 0 Å². The molecule has 0 aromatic heterocycles. The van der Waals surface area contributed by atoms with E-state index in [2.05, 4.69) is 54.1 Å². The molecule has 1 aromatic rings. The molecule has 0 saturated carbocycles. The van der Waals surface area contributed by atoms with E-state index in [1.165, 1.54) is 12.0 Å². The summed E-state index contributed by atoms with van der Waals surface area (Å²) in [4.78, 5) is 0. The van der Waals surface area contributed by atoms with Gasteiger partial charge in [-0.05, 0) is 0 Å². The molecule has 0 aliphatic carbocycles. The van der Waals surface area contributed by atoms with Crippen LogP contribution in [0.5, 0.6) is 0 Å². The second-order valence-electron chi connectivity index (χ2n) is 4.42. The van der Waals surface area contributed by atoms with Crippen LogP contribution in [0, 0.1) is 0 Å². The van der Waals surface area contributed by atoms with Crippen molar-refractivity contribution >= 4 is 0 Å². The molecule has 0 saturated heterocycles. The van der Waals surface area contributed by atoms with Crippen molar-refractivity contribution in [3.8, 4) is 0 Å². The van der Waals surface area contributed by atoms with Gasteiger partial charge >= 0.3 is 21.7 Å². The maximum absolute atomic E-state index is 3.74. The van der Waals surface area contributed by atoms with Crippen LogP contribution in [0.4, 0.5) is 0 Å². The van der Waals surface area contributed by atoms with Crippen LogP contribution in [0.3, 0.4) is 0 Å². The topological polar surface area (TPSA) is 42.3 Å². The molecule has 1 atom stereocenters. The van der Waals surface area contributed by atoms with Gasteiger partial charge in [-0.1, -0.05) is 47.0 Å². The normalized spacial score (nSPS) is 9.64. The van der Waals surface area contributed by atoms with Crippen molar-refractivity contribution in [1.82, 2.24) is 0 Å². The standard InChI is InChI=1S/C9H13.3C3H8N.Ti/c1-3-8(2)9-6-4-5-7-9;3*1-3-4-2;/h4-8H,3H2,1-2H3;3*3H2,1-2H3;/q4*-1;+4. The van der Waals surface area contributed by atoms with Gasteiger partial charge in [-0.2, -0.15) is 58.5 Å². The smallest absolute Gasteiger partial charge is 0.665 e. The quantitative estimate of drug-likeness (QED) is 0.469. The summed E-state index contributed by atoms with van der Waals surface area (Å²) < 4.78 is 0. The summed E-state index contributed by atoms with van der Waals surface area (Å²) in [6, 6.07) is 8.57. The van der Waals surface area contributed by atoms with E-state index < -0.39 is 0 Å². The predicted molar refractivity (Wildman–Crippen MR) is 100 cm³/mol. The molecule has 0 spiro atoms. The van der Waals surface area contributed by atoms with Crippen LogP contribution in [-0.4, -0.2) is 40.8 Å². The summed E-state index contributed by atoms with van der Waals surface area (Å²) in [7, 11) is 5.42. The molecule has 1 unspecified atom stereocenters. The van der Waals surface area contributed by atoms with Crippen LogP contribution in [-0.2, 0) is 21.7 Å². The van der Waals surface area contributed by atoms with E-state index in [1.807, 2.05) is 20.8 Å². The van der Waals surface area contributed by atoms with Crippen LogP contribution < -0.4 is 0 Å². The maximum Gasteiger partial charge on any atom is 4.00 e. The van der Waals surface area contributed by atoms with E-state index in [-0.39, 0.29) is 21.7 Å². The minimum Gasteiger partial charge on any atom is -0.665 e. The molecule has 1 rings (SSSR count). The molecule has 0 heterocycles. The Bertz CT molecular complexity index is 223. The third kappa shape index (κ3) is 28.2. The maximum atomic E-state index is 3.74. The largest absolute Gasteiger partial charge is 4.00 e. The molecule has 0 amide bonds. The second kappa shape index (κ2) is 29.0. The molecule has 22 heavy (non-hydrogen) atoms. The van der Waals surface area contributed by atoms with Crippen molar-refractivity contribution in [1.29, 1.82) is 0 Å². The van der Waals surface area contributed by atoms with E-state index in [0.29, 0.717) is 0 Å². The second-order valence-corrected chi connectivity index (χ2v) is 4.42. The number of hydrogen-bond donors (Lipinski definition) is 0. The predicted octanol–water partition coefficient (Wildman–Crippen LogP) is 5.95. The Kier molecular flexibility index (Phi) is 39.4. The van der Waals surface area contributed by atoms with Crippen molar-refractivity contribution in [2.45, 2.75) is 47.0 Å². The molecule has 1 aromatic carbocycles. The molecule has 0 fully saturated rings. The van der Waals surface area contributed by atoms with Crippen molar-refractivity contribution in [2.75, 3.05) is 40.8 Å². The molecular formula is C18H37N3Ti. The summed E-state index contributed by atoms with van der Waals surface area (Å²) in [6.07, 6.45) is 1.24. The Morgan fingerprint density at radius 2 is 1.05 bits per heavy atom. The third-order valence-electron chi connectivity index (χ3n) is 2.82. The minimum absolute atomic E-state index is 0. The van der Waals surface area contributed by atoms with Gasteiger partial charge in [-0.3, -0.25) is 0 Å². The van der Waals surface area contributed by atoms with Gasteiger partial charge in [0.1, 0.15) is 0 Å². The molecule has 0 bridgehead atoms. The molecule has 4 heteroatoms. The zero-order valence-electron chi connectivity index (χ0n) is 16.1. The Labute approximate surface area is 155 Å². The fourth-order valence-electron chi connectivity index (χ4n) is 0.953. The molecule has 0 N–H and O–H groups in total. The fourth-order valence-corrected chi connectivity index (χ4v) is 0.953. The first-order valence-corrected chi connectivity index (χ1v) is 7.97. The van der Waals surface area contributed by atoms with Crippen molar-refractivity contribution < 1.29 is 21.7 Å². The average Bonchev–Trinajstić information content (AvgIpc) is 3.09. The summed E-state index contributed by atoms with van der Waals surface area (Å²) in [6.45, 7) is 13.4. The van der Waals surface area contributed by atoms with Crippen LogP contribution in [0.2, 0.25) is 0 Å². The van der Waals surface area contributed by atoms with Gasteiger partial charge in [0.15, 0.2) is 0 Å². The number of rotatable bonds is 5. The van der Waals surface area contributed by atoms with Gasteiger partial charge in [0.25, 0.3) is 0 Å². The zero-order valence-corrected chi connectivity index (χ0v) is 17.6. The van der Waals surface area contributed by atoms with Gasteiger partial charge in [0, 0.05) is 0 Å². The summed E-state index contributed by atoms with van der Waals surface area (Å²) in [5.74, 6) is 0.736. The van der Waals surface area contributed by atoms with Gasteiger partial charge in [-0.25, -0.2) is 12.1 Å². The van der Waals surface area contributed by atoms with E-state index in [1.54, 1.807) is 21.1 Å². The number of nitrogens with zero attached hydrogens (tertiary/aromatic N) is 3. The van der Waals surface area contributed by atoms with Crippen LogP contribution in [0.25, 0.3) is 16.0 Å². The molecule has 0 radical (unpaired) electrons. The van der Waals surface area contributed by atoms with Crippen molar-refractivity contribution in [2.24, 2.45) is 0 Å². The molecule has 0 aliphatic heterocycles. The third-order valence-corrected chi connectivity index (χ3v) is 2.82. The van der Waals surface area contributed by atoms with Gasteiger partial charge in [0.05, 0.1) is 0 Å². The average molecular weight is 343 g/mol. The first-order valence-electron chi connectivity index (χ1n) is 7.97. The first-order chi connectivity index (χ1) is 10.1.